The van der Waals surface area contributed by atoms with Crippen LogP contribution in [0.5, 0.6) is 0 Å². The molecule has 0 fully saturated rings. The molecule has 1 aromatic carbocycles. The lowest BCUT2D eigenvalue weighted by atomic mass is 9.71. The number of dihydropyridines is 1. The predicted molar refractivity (Wildman–Crippen MR) is 94.1 cm³/mol. The number of hydrogen-bond donors (Lipinski definition) is 1. The van der Waals surface area contributed by atoms with Gasteiger partial charge in [-0.2, -0.15) is 0 Å². The second kappa shape index (κ2) is 6.05. The standard InChI is InChI=1S/C19H17Cl2NO2/c20-10-7-8-11(12(21)9-10)17-18-13(3-1-5-15(18)23)22-14-4-2-6-16(24)19(14)17/h7-9,17,22H,1-6H2. The zero-order valence-electron chi connectivity index (χ0n) is 13.1. The number of halogens is 2. The van der Waals surface area contributed by atoms with Crippen LogP contribution in [0.15, 0.2) is 40.7 Å². The van der Waals surface area contributed by atoms with Gasteiger partial charge in [-0.05, 0) is 43.4 Å². The van der Waals surface area contributed by atoms with E-state index in [1.165, 1.54) is 0 Å². The highest BCUT2D eigenvalue weighted by molar-refractivity contribution is 6.35. The zero-order chi connectivity index (χ0) is 16.8. The van der Waals surface area contributed by atoms with Gasteiger partial charge in [-0.1, -0.05) is 29.3 Å². The molecule has 0 atom stereocenters. The first kappa shape index (κ1) is 15.9. The first-order valence-corrected chi connectivity index (χ1v) is 9.06. The molecule has 1 heterocycles. The average molecular weight is 362 g/mol. The number of nitrogens with one attached hydrogen (secondary N) is 1. The molecule has 24 heavy (non-hydrogen) atoms. The number of allylic oxidation sites excluding steroid dienone is 4. The molecule has 5 heteroatoms. The Morgan fingerprint density at radius 3 is 2.00 bits per heavy atom. The number of carbonyl (C=O) groups is 2. The van der Waals surface area contributed by atoms with Crippen molar-refractivity contribution >= 4 is 34.8 Å². The van der Waals surface area contributed by atoms with Crippen LogP contribution in [-0.2, 0) is 9.59 Å². The number of rotatable bonds is 1. The Morgan fingerprint density at radius 2 is 1.46 bits per heavy atom. The third kappa shape index (κ3) is 2.51. The van der Waals surface area contributed by atoms with E-state index in [1.807, 2.05) is 6.07 Å². The van der Waals surface area contributed by atoms with E-state index in [0.29, 0.717) is 22.9 Å². The van der Waals surface area contributed by atoms with Gasteiger partial charge in [0.05, 0.1) is 0 Å². The van der Waals surface area contributed by atoms with E-state index in [9.17, 15) is 9.59 Å². The summed E-state index contributed by atoms with van der Waals surface area (Å²) in [5, 5.41) is 4.45. The van der Waals surface area contributed by atoms with Crippen molar-refractivity contribution in [1.82, 2.24) is 5.32 Å². The van der Waals surface area contributed by atoms with E-state index in [2.05, 4.69) is 5.32 Å². The molecule has 1 N–H and O–H groups in total. The molecule has 0 spiro atoms. The van der Waals surface area contributed by atoms with E-state index in [4.69, 9.17) is 23.2 Å². The molecule has 0 saturated heterocycles. The molecule has 0 radical (unpaired) electrons. The van der Waals surface area contributed by atoms with Gasteiger partial charge in [0.15, 0.2) is 11.6 Å². The topological polar surface area (TPSA) is 46.2 Å². The monoisotopic (exact) mass is 361 g/mol. The Morgan fingerprint density at radius 1 is 0.875 bits per heavy atom. The van der Waals surface area contributed by atoms with Gasteiger partial charge in [0.2, 0.25) is 0 Å². The predicted octanol–water partition coefficient (Wildman–Crippen LogP) is 4.69. The maximum Gasteiger partial charge on any atom is 0.161 e. The summed E-state index contributed by atoms with van der Waals surface area (Å²) in [5.74, 6) is -0.129. The summed E-state index contributed by atoms with van der Waals surface area (Å²) >= 11 is 12.5. The van der Waals surface area contributed by atoms with Crippen molar-refractivity contribution in [2.45, 2.75) is 44.4 Å². The summed E-state index contributed by atoms with van der Waals surface area (Å²) in [5.41, 5.74) is 4.18. The molecule has 124 valence electrons. The quantitative estimate of drug-likeness (QED) is 0.788. The van der Waals surface area contributed by atoms with Gasteiger partial charge in [0.1, 0.15) is 0 Å². The van der Waals surface area contributed by atoms with Crippen molar-refractivity contribution in [1.29, 1.82) is 0 Å². The van der Waals surface area contributed by atoms with Crippen LogP contribution in [0.4, 0.5) is 0 Å². The fourth-order valence-corrected chi connectivity index (χ4v) is 4.55. The third-order valence-electron chi connectivity index (χ3n) is 5.06. The summed E-state index contributed by atoms with van der Waals surface area (Å²) in [6.07, 6.45) is 4.43. The Kier molecular flexibility index (Phi) is 4.01. The third-order valence-corrected chi connectivity index (χ3v) is 5.63. The van der Waals surface area contributed by atoms with Gasteiger partial charge in [-0.25, -0.2) is 0 Å². The first-order valence-electron chi connectivity index (χ1n) is 8.30. The minimum absolute atomic E-state index is 0.115. The summed E-state index contributed by atoms with van der Waals surface area (Å²) in [6.45, 7) is 0. The van der Waals surface area contributed by atoms with Crippen LogP contribution in [0.3, 0.4) is 0 Å². The number of ketones is 2. The lowest BCUT2D eigenvalue weighted by Gasteiger charge is -2.37. The van der Waals surface area contributed by atoms with Crippen molar-refractivity contribution in [3.05, 3.63) is 56.3 Å². The van der Waals surface area contributed by atoms with E-state index in [0.717, 1.165) is 53.8 Å². The van der Waals surface area contributed by atoms with E-state index >= 15 is 0 Å². The number of hydrogen-bond acceptors (Lipinski definition) is 3. The highest BCUT2D eigenvalue weighted by atomic mass is 35.5. The van der Waals surface area contributed by atoms with Gasteiger partial charge >= 0.3 is 0 Å². The molecule has 4 rings (SSSR count). The molecular formula is C19H17Cl2NO2. The van der Waals surface area contributed by atoms with Crippen molar-refractivity contribution in [3.63, 3.8) is 0 Å². The second-order valence-corrected chi connectivity index (χ2v) is 7.41. The molecule has 2 aliphatic carbocycles. The average Bonchev–Trinajstić information content (AvgIpc) is 2.54. The Bertz CT molecular complexity index is 781. The Hall–Kier alpha value is -1.58. The van der Waals surface area contributed by atoms with Gasteiger partial charge in [-0.3, -0.25) is 9.59 Å². The first-order chi connectivity index (χ1) is 11.6. The normalized spacial score (nSPS) is 21.6. The van der Waals surface area contributed by atoms with Crippen LogP contribution in [-0.4, -0.2) is 11.6 Å². The second-order valence-electron chi connectivity index (χ2n) is 6.56. The molecule has 0 bridgehead atoms. The van der Waals surface area contributed by atoms with E-state index in [1.54, 1.807) is 12.1 Å². The smallest absolute Gasteiger partial charge is 0.161 e. The molecule has 3 aliphatic rings. The number of carbonyl (C=O) groups excluding carboxylic acids is 2. The Labute approximate surface area is 150 Å². The van der Waals surface area contributed by atoms with Gasteiger partial charge in [0.25, 0.3) is 0 Å². The molecule has 3 nitrogen and oxygen atoms in total. The molecule has 0 amide bonds. The van der Waals surface area contributed by atoms with Crippen LogP contribution in [0, 0.1) is 0 Å². The molecule has 0 unspecified atom stereocenters. The molecule has 1 aliphatic heterocycles. The van der Waals surface area contributed by atoms with E-state index in [-0.39, 0.29) is 17.5 Å². The van der Waals surface area contributed by atoms with Crippen molar-refractivity contribution in [3.8, 4) is 0 Å². The molecule has 0 aromatic heterocycles. The maximum absolute atomic E-state index is 12.7. The van der Waals surface area contributed by atoms with Gasteiger partial charge in [-0.15, -0.1) is 0 Å². The van der Waals surface area contributed by atoms with Crippen LogP contribution >= 0.6 is 23.2 Å². The fraction of sp³-hybridized carbons (Fsp3) is 0.368. The highest BCUT2D eigenvalue weighted by Gasteiger charge is 2.40. The number of benzene rings is 1. The lowest BCUT2D eigenvalue weighted by molar-refractivity contribution is -0.116. The van der Waals surface area contributed by atoms with E-state index < -0.39 is 0 Å². The largest absolute Gasteiger partial charge is 0.362 e. The van der Waals surface area contributed by atoms with Crippen LogP contribution in [0.2, 0.25) is 10.0 Å². The van der Waals surface area contributed by atoms with Crippen LogP contribution in [0.25, 0.3) is 0 Å². The molecule has 0 saturated carbocycles. The fourth-order valence-electron chi connectivity index (χ4n) is 4.03. The van der Waals surface area contributed by atoms with Gasteiger partial charge < -0.3 is 5.32 Å². The maximum atomic E-state index is 12.7. The van der Waals surface area contributed by atoms with Crippen molar-refractivity contribution in [2.75, 3.05) is 0 Å². The highest BCUT2D eigenvalue weighted by Crippen LogP contribution is 2.47. The van der Waals surface area contributed by atoms with Crippen molar-refractivity contribution < 1.29 is 9.59 Å². The molecular weight excluding hydrogens is 345 g/mol. The SMILES string of the molecule is O=C1CCCC2=C1C(c1ccc(Cl)cc1Cl)C1=C(CCCC1=O)N2. The van der Waals surface area contributed by atoms with Crippen LogP contribution < -0.4 is 5.32 Å². The summed E-state index contributed by atoms with van der Waals surface area (Å²) in [4.78, 5) is 25.3. The zero-order valence-corrected chi connectivity index (χ0v) is 14.6. The molecule has 1 aromatic rings. The van der Waals surface area contributed by atoms with Crippen molar-refractivity contribution in [2.24, 2.45) is 0 Å². The minimum atomic E-state index is -0.360. The number of Topliss-reactive ketones (excluding diaryl/α,β-unsaturated/α-hetero) is 2. The summed E-state index contributed by atoms with van der Waals surface area (Å²) in [7, 11) is 0. The van der Waals surface area contributed by atoms with Crippen LogP contribution in [0.1, 0.15) is 50.0 Å². The lowest BCUT2D eigenvalue weighted by Crippen LogP contribution is -2.36. The minimum Gasteiger partial charge on any atom is -0.362 e. The Balaban J connectivity index is 1.94. The summed E-state index contributed by atoms with van der Waals surface area (Å²) in [6, 6.07) is 5.30. The van der Waals surface area contributed by atoms with Gasteiger partial charge in [0, 0.05) is 51.3 Å². The summed E-state index contributed by atoms with van der Waals surface area (Å²) < 4.78 is 0.